The van der Waals surface area contributed by atoms with Gasteiger partial charge in [0.15, 0.2) is 5.96 Å². The highest BCUT2D eigenvalue weighted by atomic mass is 32.2. The van der Waals surface area contributed by atoms with Crippen LogP contribution in [-0.4, -0.2) is 155 Å². The molecule has 0 aliphatic carbocycles. The van der Waals surface area contributed by atoms with Gasteiger partial charge in [-0.3, -0.25) is 48.1 Å². The van der Waals surface area contributed by atoms with Crippen molar-refractivity contribution in [2.75, 3.05) is 30.6 Å². The van der Waals surface area contributed by atoms with Crippen LogP contribution in [-0.2, 0) is 47.9 Å². The van der Waals surface area contributed by atoms with E-state index < -0.39 is 144 Å². The summed E-state index contributed by atoms with van der Waals surface area (Å²) >= 11 is 2.89. The maximum Gasteiger partial charge on any atom is 0.326 e. The first-order chi connectivity index (χ1) is 35.1. The first-order valence-corrected chi connectivity index (χ1v) is 28.6. The second-order valence-electron chi connectivity index (χ2n) is 19.8. The number of nitrogens with zero attached hydrogens (tertiary/aromatic N) is 1. The summed E-state index contributed by atoms with van der Waals surface area (Å²) in [5, 5.41) is 31.2. The molecule has 9 amide bonds. The summed E-state index contributed by atoms with van der Waals surface area (Å²) in [5.74, 6) is -9.48. The highest BCUT2D eigenvalue weighted by Gasteiger charge is 2.38. The second-order valence-corrected chi connectivity index (χ2v) is 21.8. The van der Waals surface area contributed by atoms with Crippen LogP contribution in [0.4, 0.5) is 0 Å². The van der Waals surface area contributed by atoms with Crippen LogP contribution in [0.2, 0.25) is 0 Å². The maximum absolute atomic E-state index is 14.3. The fourth-order valence-electron chi connectivity index (χ4n) is 7.46. The van der Waals surface area contributed by atoms with E-state index in [4.69, 9.17) is 22.9 Å². The van der Waals surface area contributed by atoms with Crippen molar-refractivity contribution in [3.05, 3.63) is 0 Å². The predicted molar refractivity (Wildman–Crippen MR) is 293 cm³/mol. The fraction of sp³-hybridized carbons (Fsp3) is 0.776. The van der Waals surface area contributed by atoms with Crippen molar-refractivity contribution in [2.45, 2.75) is 181 Å². The number of hydrogen-bond donors (Lipinski definition) is 13. The third kappa shape index (κ3) is 26.3. The van der Waals surface area contributed by atoms with Crippen LogP contribution in [0.3, 0.4) is 0 Å². The summed E-state index contributed by atoms with van der Waals surface area (Å²) in [7, 11) is 0. The minimum absolute atomic E-state index is 0.00291. The van der Waals surface area contributed by atoms with Crippen LogP contribution in [0.15, 0.2) is 4.99 Å². The average molecular weight is 1100 g/mol. The van der Waals surface area contributed by atoms with E-state index in [9.17, 15) is 53.1 Å². The van der Waals surface area contributed by atoms with Gasteiger partial charge in [-0.25, -0.2) is 4.79 Å². The van der Waals surface area contributed by atoms with Gasteiger partial charge in [0.05, 0.1) is 12.5 Å². The minimum Gasteiger partial charge on any atom is -0.480 e. The quantitative estimate of drug-likeness (QED) is 0.0212. The average Bonchev–Trinajstić information content (AvgIpc) is 3.34. The van der Waals surface area contributed by atoms with Gasteiger partial charge in [-0.05, 0) is 85.7 Å². The van der Waals surface area contributed by atoms with Gasteiger partial charge in [0, 0.05) is 6.54 Å². The van der Waals surface area contributed by atoms with Crippen LogP contribution in [0.1, 0.15) is 127 Å². The van der Waals surface area contributed by atoms with Crippen molar-refractivity contribution in [2.24, 2.45) is 57.5 Å². The number of carbonyl (C=O) groups is 10. The molecule has 0 heterocycles. The van der Waals surface area contributed by atoms with Crippen molar-refractivity contribution < 1.29 is 53.1 Å². The largest absolute Gasteiger partial charge is 0.480 e. The molecule has 0 aliphatic heterocycles. The molecule has 12 atom stereocenters. The predicted octanol–water partition coefficient (Wildman–Crippen LogP) is -0.448. The zero-order chi connectivity index (χ0) is 57.7. The molecule has 0 aliphatic rings. The van der Waals surface area contributed by atoms with Crippen molar-refractivity contribution in [3.8, 4) is 0 Å². The molecule has 0 rings (SSSR count). The van der Waals surface area contributed by atoms with Gasteiger partial charge in [0.1, 0.15) is 48.3 Å². The van der Waals surface area contributed by atoms with Gasteiger partial charge in [-0.2, -0.15) is 23.5 Å². The lowest BCUT2D eigenvalue weighted by atomic mass is 9.95. The van der Waals surface area contributed by atoms with Crippen LogP contribution in [0, 0.1) is 29.6 Å². The van der Waals surface area contributed by atoms with E-state index in [-0.39, 0.29) is 44.1 Å². The smallest absolute Gasteiger partial charge is 0.326 e. The number of thioether (sulfide) groups is 2. The van der Waals surface area contributed by atoms with Crippen molar-refractivity contribution in [1.82, 2.24) is 42.5 Å². The molecule has 0 saturated heterocycles. The number of carboxylic acid groups (broad SMARTS) is 1. The van der Waals surface area contributed by atoms with E-state index in [0.29, 0.717) is 37.2 Å². The van der Waals surface area contributed by atoms with Crippen molar-refractivity contribution in [3.63, 3.8) is 0 Å². The molecule has 0 fully saturated rings. The molecule has 75 heavy (non-hydrogen) atoms. The van der Waals surface area contributed by atoms with Crippen LogP contribution < -0.4 is 65.5 Å². The van der Waals surface area contributed by atoms with Crippen LogP contribution in [0.5, 0.6) is 0 Å². The van der Waals surface area contributed by atoms with Crippen molar-refractivity contribution >= 4 is 88.6 Å². The first kappa shape index (κ1) is 69.6. The Morgan fingerprint density at radius 2 is 0.880 bits per heavy atom. The summed E-state index contributed by atoms with van der Waals surface area (Å²) in [6.45, 7) is 17.7. The molecule has 26 heteroatoms. The van der Waals surface area contributed by atoms with Gasteiger partial charge in [0.25, 0.3) is 0 Å². The molecule has 17 N–H and O–H groups in total. The van der Waals surface area contributed by atoms with Gasteiger partial charge in [-0.15, -0.1) is 0 Å². The molecule has 0 aromatic rings. The number of primary amides is 1. The first-order valence-electron chi connectivity index (χ1n) is 25.8. The number of carboxylic acids is 1. The van der Waals surface area contributed by atoms with E-state index in [0.717, 1.165) is 0 Å². The Morgan fingerprint density at radius 1 is 0.493 bits per heavy atom. The topological polar surface area (TPSA) is 404 Å². The number of aliphatic imine (C=N–C) groups is 1. The zero-order valence-electron chi connectivity index (χ0n) is 46.2. The Hall–Kier alpha value is -5.37. The van der Waals surface area contributed by atoms with E-state index in [2.05, 4.69) is 47.5 Å². The molecule has 0 saturated carbocycles. The zero-order valence-corrected chi connectivity index (χ0v) is 47.8. The number of carbonyl (C=O) groups excluding carboxylic acids is 9. The number of nitrogens with one attached hydrogen (secondary N) is 8. The molecule has 0 radical (unpaired) electrons. The summed E-state index contributed by atoms with van der Waals surface area (Å²) in [5.41, 5.74) is 22.3. The molecular weight excluding hydrogens is 1010 g/mol. The van der Waals surface area contributed by atoms with E-state index in [1.54, 1.807) is 61.6 Å². The Labute approximate surface area is 452 Å². The highest BCUT2D eigenvalue weighted by molar-refractivity contribution is 7.98. The number of aliphatic carboxylic acids is 1. The molecule has 0 bridgehead atoms. The fourth-order valence-corrected chi connectivity index (χ4v) is 8.42. The van der Waals surface area contributed by atoms with Gasteiger partial charge < -0.3 is 70.6 Å². The Kier molecular flexibility index (Phi) is 34.0. The molecule has 0 spiro atoms. The lowest BCUT2D eigenvalue weighted by molar-refractivity contribution is -0.143. The van der Waals surface area contributed by atoms with Gasteiger partial charge in [-0.1, -0.05) is 88.5 Å². The summed E-state index contributed by atoms with van der Waals surface area (Å²) in [4.78, 5) is 139. The monoisotopic (exact) mass is 1100 g/mol. The number of rotatable bonds is 38. The normalized spacial score (nSPS) is 16.1. The maximum atomic E-state index is 14.3. The lowest BCUT2D eigenvalue weighted by Gasteiger charge is -2.31. The number of amides is 9. The SMILES string of the molecule is CC[C@H](C)[C@H](NC(=O)[C@H](CC(C)C)NC(=O)[C@@H](NC(=O)[C@H](CCSC)NC(=O)[C@@H](NC(=O)[C@H](CC(N)=O)NC(=O)[C@@H](NC(=O)[C@@H](N)CCSC)C(C)C)[C@@H](C)CC)[C@@H](C)CC)C(=O)N[C@@H](CCCN=C(N)N)C(=O)O. The summed E-state index contributed by atoms with van der Waals surface area (Å²) < 4.78 is 0. The molecular formula is C49H91N13O11S2. The molecule has 0 unspecified atom stereocenters. The third-order valence-corrected chi connectivity index (χ3v) is 14.1. The number of hydrogen-bond acceptors (Lipinski definition) is 14. The molecule has 430 valence electrons. The molecule has 24 nitrogen and oxygen atoms in total. The van der Waals surface area contributed by atoms with Crippen molar-refractivity contribution in [1.29, 1.82) is 0 Å². The van der Waals surface area contributed by atoms with E-state index in [1.165, 1.54) is 23.5 Å². The second kappa shape index (κ2) is 36.6. The minimum atomic E-state index is -1.56. The van der Waals surface area contributed by atoms with E-state index in [1.807, 2.05) is 20.1 Å². The molecule has 0 aromatic carbocycles. The number of nitrogens with two attached hydrogens (primary N) is 4. The van der Waals surface area contributed by atoms with Crippen LogP contribution >= 0.6 is 23.5 Å². The van der Waals surface area contributed by atoms with Crippen LogP contribution in [0.25, 0.3) is 0 Å². The Morgan fingerprint density at radius 3 is 1.28 bits per heavy atom. The highest BCUT2D eigenvalue weighted by Crippen LogP contribution is 2.16. The summed E-state index contributed by atoms with van der Waals surface area (Å²) in [6.07, 6.45) is 5.01. The third-order valence-electron chi connectivity index (χ3n) is 12.8. The number of guanidine groups is 1. The van der Waals surface area contributed by atoms with Gasteiger partial charge >= 0.3 is 5.97 Å². The standard InChI is InChI=1S/C49H91N13O11S2/c1-13-27(8)37(62-43(67)34(24-35(51)63)58-44(68)36(26(6)7)59-40(64)30(50)18-21-74-11)45(69)55-31(19-22-75-12)41(65)60-39(29(10)15-3)47(71)57-33(23-25(4)5)42(66)61-38(28(9)14-2)46(70)56-32(48(72)73)17-16-20-54-49(52)53/h25-34,36-39H,13-24,50H2,1-12H3,(H2,51,63)(H,55,69)(H,56,70)(H,57,71)(H,58,68)(H,59,64)(H,60,65)(H,61,66)(H,62,67)(H,72,73)(H4,52,53,54)/t27-,28-,29-,30-,31-,32-,33-,34-,36-,37-,38-,39-/m0/s1. The summed E-state index contributed by atoms with van der Waals surface area (Å²) in [6, 6.07) is -11.1. The Balaban J connectivity index is 6.67. The lowest BCUT2D eigenvalue weighted by Crippen LogP contribution is -2.62. The van der Waals surface area contributed by atoms with E-state index >= 15 is 0 Å². The Bertz CT molecular complexity index is 1910. The molecule has 0 aromatic heterocycles. The van der Waals surface area contributed by atoms with Gasteiger partial charge in [0.2, 0.25) is 53.2 Å².